The quantitative estimate of drug-likeness (QED) is 0.853. The molecule has 4 nitrogen and oxygen atoms in total. The van der Waals surface area contributed by atoms with E-state index in [1.165, 1.54) is 25.7 Å². The molecule has 1 amide bonds. The van der Waals surface area contributed by atoms with Crippen molar-refractivity contribution in [2.45, 2.75) is 25.7 Å². The van der Waals surface area contributed by atoms with Gasteiger partial charge in [0, 0.05) is 6.54 Å². The minimum absolute atomic E-state index is 0.0771. The molecule has 0 aromatic carbocycles. The van der Waals surface area contributed by atoms with Gasteiger partial charge in [-0.3, -0.25) is 4.79 Å². The van der Waals surface area contributed by atoms with Gasteiger partial charge in [-0.2, -0.15) is 0 Å². The third-order valence-electron chi connectivity index (χ3n) is 4.08. The molecule has 3 N–H and O–H groups in total. The number of rotatable bonds is 5. The van der Waals surface area contributed by atoms with Crippen molar-refractivity contribution in [3.05, 3.63) is 23.6 Å². The van der Waals surface area contributed by atoms with Crippen LogP contribution in [0.2, 0.25) is 0 Å². The lowest BCUT2D eigenvalue weighted by atomic mass is 9.98. The highest BCUT2D eigenvalue weighted by atomic mass is 19.1. The summed E-state index contributed by atoms with van der Waals surface area (Å²) in [6.45, 7) is 0.671. The molecule has 5 heteroatoms. The number of carbonyl (C=O) groups excluding carboxylic acids is 1. The highest BCUT2D eigenvalue weighted by molar-refractivity contribution is 5.98. The first kappa shape index (κ1) is 12.4. The lowest BCUT2D eigenvalue weighted by Crippen LogP contribution is -2.31. The number of nitrogens with one attached hydrogen (secondary N) is 1. The van der Waals surface area contributed by atoms with Crippen molar-refractivity contribution in [2.75, 3.05) is 12.3 Å². The van der Waals surface area contributed by atoms with Crippen LogP contribution >= 0.6 is 0 Å². The molecular formula is C14H18FN3O. The van der Waals surface area contributed by atoms with Crippen LogP contribution in [0.5, 0.6) is 0 Å². The average Bonchev–Trinajstić information content (AvgIpc) is 3.25. The number of pyridine rings is 1. The zero-order chi connectivity index (χ0) is 13.4. The van der Waals surface area contributed by atoms with Crippen molar-refractivity contribution in [1.29, 1.82) is 0 Å². The molecule has 0 radical (unpaired) electrons. The lowest BCUT2D eigenvalue weighted by molar-refractivity contribution is 0.0943. The van der Waals surface area contributed by atoms with Crippen LogP contribution in [0.4, 0.5) is 10.2 Å². The molecule has 0 saturated heterocycles. The third-order valence-corrected chi connectivity index (χ3v) is 4.08. The normalized spacial score (nSPS) is 18.6. The van der Waals surface area contributed by atoms with E-state index in [1.807, 2.05) is 0 Å². The molecule has 102 valence electrons. The molecule has 2 saturated carbocycles. The second-order valence-corrected chi connectivity index (χ2v) is 5.64. The Morgan fingerprint density at radius 2 is 2.05 bits per heavy atom. The molecule has 0 bridgehead atoms. The van der Waals surface area contributed by atoms with Gasteiger partial charge in [0.1, 0.15) is 11.6 Å². The van der Waals surface area contributed by atoms with E-state index in [0.29, 0.717) is 12.5 Å². The number of nitrogens with two attached hydrogens (primary N) is 1. The molecule has 0 aliphatic heterocycles. The van der Waals surface area contributed by atoms with E-state index >= 15 is 0 Å². The number of hydrogen-bond acceptors (Lipinski definition) is 3. The topological polar surface area (TPSA) is 68.0 Å². The molecule has 1 aromatic heterocycles. The molecule has 0 unspecified atom stereocenters. The summed E-state index contributed by atoms with van der Waals surface area (Å²) in [5.41, 5.74) is 5.73. The molecule has 0 spiro atoms. The average molecular weight is 263 g/mol. The van der Waals surface area contributed by atoms with Crippen LogP contribution in [0.1, 0.15) is 36.0 Å². The Balaban J connectivity index is 1.62. The van der Waals surface area contributed by atoms with E-state index in [9.17, 15) is 9.18 Å². The smallest absolute Gasteiger partial charge is 0.255 e. The molecule has 2 aliphatic rings. The lowest BCUT2D eigenvalue weighted by Gasteiger charge is -2.16. The standard InChI is InChI=1S/C14H18FN3O/c15-10-5-11(13(16)17-6-10)14(19)18-7-12(8-1-2-8)9-3-4-9/h5-6,8-9,12H,1-4,7H2,(H2,16,17)(H,18,19). The second-order valence-electron chi connectivity index (χ2n) is 5.64. The number of halogens is 1. The third kappa shape index (κ3) is 2.85. The van der Waals surface area contributed by atoms with E-state index in [4.69, 9.17) is 5.73 Å². The Morgan fingerprint density at radius 1 is 1.42 bits per heavy atom. The number of hydrogen-bond donors (Lipinski definition) is 2. The van der Waals surface area contributed by atoms with E-state index < -0.39 is 5.82 Å². The zero-order valence-electron chi connectivity index (χ0n) is 10.7. The van der Waals surface area contributed by atoms with Crippen LogP contribution in [0.3, 0.4) is 0 Å². The Morgan fingerprint density at radius 3 is 2.63 bits per heavy atom. The predicted octanol–water partition coefficient (Wildman–Crippen LogP) is 1.97. The van der Waals surface area contributed by atoms with Gasteiger partial charge in [-0.1, -0.05) is 0 Å². The number of anilines is 1. The van der Waals surface area contributed by atoms with Gasteiger partial charge in [-0.15, -0.1) is 0 Å². The van der Waals surface area contributed by atoms with Gasteiger partial charge in [0.15, 0.2) is 0 Å². The van der Waals surface area contributed by atoms with Gasteiger partial charge < -0.3 is 11.1 Å². The van der Waals surface area contributed by atoms with Gasteiger partial charge in [0.2, 0.25) is 0 Å². The zero-order valence-corrected chi connectivity index (χ0v) is 10.7. The van der Waals surface area contributed by atoms with Crippen LogP contribution < -0.4 is 11.1 Å². The first-order chi connectivity index (χ1) is 9.15. The summed E-state index contributed by atoms with van der Waals surface area (Å²) in [4.78, 5) is 15.7. The Hall–Kier alpha value is -1.65. The van der Waals surface area contributed by atoms with Crippen LogP contribution in [-0.2, 0) is 0 Å². The number of nitrogen functional groups attached to an aromatic ring is 1. The van der Waals surface area contributed by atoms with Crippen LogP contribution in [0.15, 0.2) is 12.3 Å². The van der Waals surface area contributed by atoms with Gasteiger partial charge in [0.05, 0.1) is 11.8 Å². The van der Waals surface area contributed by atoms with E-state index in [-0.39, 0.29) is 17.3 Å². The Labute approximate surface area is 111 Å². The highest BCUT2D eigenvalue weighted by Crippen LogP contribution is 2.48. The van der Waals surface area contributed by atoms with Crippen molar-refractivity contribution in [1.82, 2.24) is 10.3 Å². The minimum atomic E-state index is -0.541. The number of nitrogens with zero attached hydrogens (tertiary/aromatic N) is 1. The Bertz CT molecular complexity index is 485. The molecule has 1 aromatic rings. The molecule has 3 rings (SSSR count). The van der Waals surface area contributed by atoms with Crippen molar-refractivity contribution < 1.29 is 9.18 Å². The summed E-state index contributed by atoms with van der Waals surface area (Å²) < 4.78 is 13.1. The SMILES string of the molecule is Nc1ncc(F)cc1C(=O)NCC(C1CC1)C1CC1. The largest absolute Gasteiger partial charge is 0.383 e. The van der Waals surface area contributed by atoms with Gasteiger partial charge in [0.25, 0.3) is 5.91 Å². The summed E-state index contributed by atoms with van der Waals surface area (Å²) in [6.07, 6.45) is 6.13. The first-order valence-electron chi connectivity index (χ1n) is 6.84. The summed E-state index contributed by atoms with van der Waals surface area (Å²) in [6, 6.07) is 1.14. The van der Waals surface area contributed by atoms with E-state index in [2.05, 4.69) is 10.3 Å². The van der Waals surface area contributed by atoms with Crippen LogP contribution in [0, 0.1) is 23.6 Å². The first-order valence-corrected chi connectivity index (χ1v) is 6.84. The van der Waals surface area contributed by atoms with Crippen LogP contribution in [0.25, 0.3) is 0 Å². The summed E-state index contributed by atoms with van der Waals surface area (Å²) >= 11 is 0. The summed E-state index contributed by atoms with van der Waals surface area (Å²) in [5, 5.41) is 2.88. The summed E-state index contributed by atoms with van der Waals surface area (Å²) in [5.74, 6) is 1.35. The Kier molecular flexibility index (Phi) is 3.12. The molecule has 2 aliphatic carbocycles. The molecule has 19 heavy (non-hydrogen) atoms. The number of carbonyl (C=O) groups is 1. The fourth-order valence-electron chi connectivity index (χ4n) is 2.70. The minimum Gasteiger partial charge on any atom is -0.383 e. The maximum atomic E-state index is 13.1. The van der Waals surface area contributed by atoms with E-state index in [1.54, 1.807) is 0 Å². The monoisotopic (exact) mass is 263 g/mol. The number of amides is 1. The summed E-state index contributed by atoms with van der Waals surface area (Å²) in [7, 11) is 0. The van der Waals surface area contributed by atoms with Crippen molar-refractivity contribution in [3.63, 3.8) is 0 Å². The van der Waals surface area contributed by atoms with Crippen LogP contribution in [-0.4, -0.2) is 17.4 Å². The van der Waals surface area contributed by atoms with Gasteiger partial charge in [-0.05, 0) is 49.5 Å². The maximum absolute atomic E-state index is 13.1. The molecule has 2 fully saturated rings. The van der Waals surface area contributed by atoms with Crippen molar-refractivity contribution in [3.8, 4) is 0 Å². The van der Waals surface area contributed by atoms with E-state index in [0.717, 1.165) is 24.1 Å². The van der Waals surface area contributed by atoms with Crippen molar-refractivity contribution >= 4 is 11.7 Å². The molecule has 1 heterocycles. The van der Waals surface area contributed by atoms with Gasteiger partial charge in [-0.25, -0.2) is 9.37 Å². The molecule has 0 atom stereocenters. The number of aromatic nitrogens is 1. The highest BCUT2D eigenvalue weighted by Gasteiger charge is 2.41. The molecular weight excluding hydrogens is 245 g/mol. The second kappa shape index (κ2) is 4.79. The predicted molar refractivity (Wildman–Crippen MR) is 69.9 cm³/mol. The fraction of sp³-hybridized carbons (Fsp3) is 0.571. The maximum Gasteiger partial charge on any atom is 0.255 e. The van der Waals surface area contributed by atoms with Crippen molar-refractivity contribution in [2.24, 2.45) is 17.8 Å². The van der Waals surface area contributed by atoms with Gasteiger partial charge >= 0.3 is 0 Å². The fourth-order valence-corrected chi connectivity index (χ4v) is 2.70.